The number of aliphatic hydroxyl groups excluding tert-OH is 2. The molecule has 5 rings (SSSR count). The molecule has 2 aromatic rings. The average Bonchev–Trinajstić information content (AvgIpc) is 3.36. The number of hydrogen-bond donors (Lipinski definition) is 9. The van der Waals surface area contributed by atoms with Gasteiger partial charge in [0.1, 0.15) is 60.4 Å². The third-order valence-electron chi connectivity index (χ3n) is 13.8. The maximum atomic E-state index is 15.1. The Hall–Kier alpha value is -6.87. The molecule has 2 fully saturated rings. The summed E-state index contributed by atoms with van der Waals surface area (Å²) in [6, 6.07) is 4.36. The van der Waals surface area contributed by atoms with Crippen molar-refractivity contribution in [2.75, 3.05) is 7.05 Å². The number of benzene rings is 2. The van der Waals surface area contributed by atoms with Crippen LogP contribution in [0.4, 0.5) is 0 Å². The van der Waals surface area contributed by atoms with E-state index in [1.165, 1.54) is 26.1 Å². The number of rotatable bonds is 17. The van der Waals surface area contributed by atoms with Crippen LogP contribution >= 0.6 is 0 Å². The van der Waals surface area contributed by atoms with E-state index in [2.05, 4.69) is 26.6 Å². The molecule has 0 aromatic heterocycles. The number of fused-ring (bicyclic) bond motifs is 2. The van der Waals surface area contributed by atoms with Gasteiger partial charge in [0.05, 0.1) is 6.10 Å². The molecule has 2 heterocycles. The van der Waals surface area contributed by atoms with E-state index >= 15 is 4.79 Å². The summed E-state index contributed by atoms with van der Waals surface area (Å²) in [5.74, 6) is -8.67. The number of unbranched alkanes of at least 4 members (excludes halogenated alkanes) is 2. The van der Waals surface area contributed by atoms with Crippen molar-refractivity contribution in [3.05, 3.63) is 77.9 Å². The van der Waals surface area contributed by atoms with E-state index in [-0.39, 0.29) is 63.0 Å². The largest absolute Gasteiger partial charge is 0.508 e. The predicted molar refractivity (Wildman–Crippen MR) is 269 cm³/mol. The van der Waals surface area contributed by atoms with Crippen molar-refractivity contribution in [2.45, 2.75) is 172 Å². The van der Waals surface area contributed by atoms with E-state index in [9.17, 15) is 53.7 Å². The van der Waals surface area contributed by atoms with Gasteiger partial charge < -0.3 is 62.2 Å². The van der Waals surface area contributed by atoms with Gasteiger partial charge in [-0.2, -0.15) is 0 Å². The number of esters is 1. The van der Waals surface area contributed by atoms with E-state index in [4.69, 9.17) is 10.5 Å². The molecule has 2 unspecified atom stereocenters. The van der Waals surface area contributed by atoms with Gasteiger partial charge in [0.25, 0.3) is 0 Å². The molecule has 1 aliphatic carbocycles. The number of carbonyl (C=O) groups is 9. The molecule has 2 bridgehead atoms. The number of amides is 8. The van der Waals surface area contributed by atoms with Crippen LogP contribution in [0.15, 0.2) is 66.7 Å². The van der Waals surface area contributed by atoms with Gasteiger partial charge in [0, 0.05) is 32.7 Å². The Kier molecular flexibility index (Phi) is 21.5. The van der Waals surface area contributed by atoms with Crippen LogP contribution in [-0.2, 0) is 60.7 Å². The van der Waals surface area contributed by atoms with Gasteiger partial charge in [-0.25, -0.2) is 4.79 Å². The van der Waals surface area contributed by atoms with E-state index in [1.807, 2.05) is 6.92 Å². The summed E-state index contributed by atoms with van der Waals surface area (Å²) in [7, 11) is 1.36. The monoisotopic (exact) mass is 1030 g/mol. The maximum Gasteiger partial charge on any atom is 0.329 e. The molecule has 2 aliphatic heterocycles. The van der Waals surface area contributed by atoms with Crippen LogP contribution in [0.5, 0.6) is 5.75 Å². The normalized spacial score (nSPS) is 26.9. The molecule has 2 saturated heterocycles. The maximum absolute atomic E-state index is 15.1. The van der Waals surface area contributed by atoms with Crippen LogP contribution in [0.25, 0.3) is 0 Å². The summed E-state index contributed by atoms with van der Waals surface area (Å²) in [6.45, 7) is 6.49. The lowest BCUT2D eigenvalue weighted by Crippen LogP contribution is -2.65. The van der Waals surface area contributed by atoms with Crippen molar-refractivity contribution in [3.63, 3.8) is 0 Å². The number of nitrogens with one attached hydrogen (secondary N) is 5. The van der Waals surface area contributed by atoms with Crippen molar-refractivity contribution in [1.29, 1.82) is 0 Å². The molecule has 3 aliphatic rings. The first-order valence-corrected chi connectivity index (χ1v) is 25.6. The highest BCUT2D eigenvalue weighted by Crippen LogP contribution is 2.27. The topological polar surface area (TPSA) is 316 Å². The zero-order valence-corrected chi connectivity index (χ0v) is 42.9. The Morgan fingerprint density at radius 3 is 2.11 bits per heavy atom. The SMILES string of the molecule is CCCCCC(=O)N[C@@H](CCC(N)=O)C(=O)N[C@@H]1C(=O)N[C@@H](CC2C=CC(O)CC2)C(=O)N[C@H]2CC[C@@H](O)N(C2=O)[C@@H](Cc2ccccc2)C(=O)N(C)[C@@H](Cc2ccc(O)cc2)C(=O)N[C@@H](C(C)C)C(=O)O[C@H]1C. The Bertz CT molecular complexity index is 2330. The Labute approximate surface area is 431 Å². The van der Waals surface area contributed by atoms with Gasteiger partial charge in [-0.15, -0.1) is 0 Å². The number of likely N-dealkylation sites (N-methyl/N-ethyl adjacent to an activating group) is 1. The number of piperidine rings is 1. The summed E-state index contributed by atoms with van der Waals surface area (Å²) >= 11 is 0. The number of allylic oxidation sites excluding steroid dienone is 1. The average molecular weight is 1030 g/mol. The van der Waals surface area contributed by atoms with Crippen LogP contribution in [0.1, 0.15) is 109 Å². The first-order chi connectivity index (χ1) is 35.2. The molecule has 21 nitrogen and oxygen atoms in total. The van der Waals surface area contributed by atoms with Gasteiger partial charge >= 0.3 is 5.97 Å². The quantitative estimate of drug-likeness (QED) is 0.0605. The molecule has 74 heavy (non-hydrogen) atoms. The van der Waals surface area contributed by atoms with Gasteiger partial charge in [-0.1, -0.05) is 88.2 Å². The molecule has 2 aromatic carbocycles. The first kappa shape index (κ1) is 58.0. The Morgan fingerprint density at radius 2 is 1.47 bits per heavy atom. The second-order valence-corrected chi connectivity index (χ2v) is 19.9. The molecule has 404 valence electrons. The van der Waals surface area contributed by atoms with Crippen LogP contribution in [0.3, 0.4) is 0 Å². The van der Waals surface area contributed by atoms with Crippen LogP contribution in [0.2, 0.25) is 0 Å². The lowest BCUT2D eigenvalue weighted by atomic mass is 9.88. The molecule has 10 N–H and O–H groups in total. The fraction of sp³-hybridized carbons (Fsp3) is 0.566. The van der Waals surface area contributed by atoms with Crippen LogP contribution in [-0.4, -0.2) is 146 Å². The van der Waals surface area contributed by atoms with Crippen LogP contribution in [0, 0.1) is 11.8 Å². The molecule has 8 amide bonds. The minimum absolute atomic E-state index is 0.0597. The highest BCUT2D eigenvalue weighted by molar-refractivity contribution is 5.98. The lowest BCUT2D eigenvalue weighted by molar-refractivity contribution is -0.165. The Balaban J connectivity index is 1.63. The number of phenols is 1. The zero-order chi connectivity index (χ0) is 54.2. The van der Waals surface area contributed by atoms with Gasteiger partial charge in [0.2, 0.25) is 47.3 Å². The summed E-state index contributed by atoms with van der Waals surface area (Å²) < 4.78 is 5.93. The number of phenolic OH excluding ortho intramolecular Hbond substituents is 1. The fourth-order valence-corrected chi connectivity index (χ4v) is 9.40. The smallest absolute Gasteiger partial charge is 0.329 e. The standard InChI is InChI=1S/C53H74N8O13/c1-6-7-9-14-43(65)55-37(23-25-42(54)64)47(67)59-46-31(4)74-53(73)45(30(2)3)58-49(69)40(28-34-17-21-36(63)22-18-34)60(5)52(72)41(29-32-12-10-8-11-13-32)61-44(66)26-24-38(51(61)71)56-48(68)39(57-50(46)70)27-33-15-19-35(62)20-16-33/h8,10-13,15,17-19,21-22,30-31,33,35,37-41,44-46,62-63,66H,6-7,9,14,16,20,23-29H2,1-5H3,(H2,54,64)(H,55,65)(H,56,68)(H,57,70)(H,58,69)(H,59,67)/t31-,33?,35?,37-,38-,39-,40-,41-,44+,45-,46-/m0/s1. The molecule has 0 saturated carbocycles. The highest BCUT2D eigenvalue weighted by Gasteiger charge is 2.46. The molecule has 11 atom stereocenters. The number of hydrogen-bond acceptors (Lipinski definition) is 13. The number of nitrogens with zero attached hydrogens (tertiary/aromatic N) is 2. The third kappa shape index (κ3) is 16.3. The summed E-state index contributed by atoms with van der Waals surface area (Å²) in [6.07, 6.45) is 1.22. The number of ether oxygens (including phenoxy) is 1. The second kappa shape index (κ2) is 27.4. The number of cyclic esters (lactones) is 1. The number of primary amides is 1. The van der Waals surface area contributed by atoms with Crippen LogP contribution < -0.4 is 32.3 Å². The number of carbonyl (C=O) groups excluding carboxylic acids is 9. The molecule has 0 spiro atoms. The fourth-order valence-electron chi connectivity index (χ4n) is 9.40. The lowest BCUT2D eigenvalue weighted by Gasteiger charge is -2.43. The molecule has 0 radical (unpaired) electrons. The van der Waals surface area contributed by atoms with Crippen molar-refractivity contribution < 1.29 is 63.2 Å². The van der Waals surface area contributed by atoms with Crippen molar-refractivity contribution in [2.24, 2.45) is 17.6 Å². The van der Waals surface area contributed by atoms with Crippen molar-refractivity contribution in [1.82, 2.24) is 36.4 Å². The first-order valence-electron chi connectivity index (χ1n) is 25.6. The van der Waals surface area contributed by atoms with Gasteiger partial charge in [0.15, 0.2) is 0 Å². The summed E-state index contributed by atoms with van der Waals surface area (Å²) in [5.41, 5.74) is 6.54. The Morgan fingerprint density at radius 1 is 0.797 bits per heavy atom. The summed E-state index contributed by atoms with van der Waals surface area (Å²) in [5, 5.41) is 45.3. The van der Waals surface area contributed by atoms with Crippen molar-refractivity contribution >= 4 is 53.2 Å². The number of nitrogens with two attached hydrogens (primary N) is 1. The molecule has 21 heteroatoms. The van der Waals surface area contributed by atoms with Gasteiger partial charge in [-0.05, 0) is 87.0 Å². The van der Waals surface area contributed by atoms with E-state index in [1.54, 1.807) is 68.5 Å². The number of aliphatic hydroxyl groups is 2. The highest BCUT2D eigenvalue weighted by atomic mass is 16.5. The molecular formula is C53H74N8O13. The van der Waals surface area contributed by atoms with Crippen molar-refractivity contribution in [3.8, 4) is 5.75 Å². The third-order valence-corrected chi connectivity index (χ3v) is 13.8. The van der Waals surface area contributed by atoms with Gasteiger partial charge in [-0.3, -0.25) is 38.4 Å². The van der Waals surface area contributed by atoms with E-state index in [0.29, 0.717) is 30.4 Å². The second-order valence-electron chi connectivity index (χ2n) is 19.9. The number of aromatic hydroxyl groups is 1. The zero-order valence-electron chi connectivity index (χ0n) is 42.9. The predicted octanol–water partition coefficient (Wildman–Crippen LogP) is 0.902. The van der Waals surface area contributed by atoms with E-state index in [0.717, 1.165) is 22.6 Å². The van der Waals surface area contributed by atoms with E-state index < -0.39 is 120 Å². The minimum atomic E-state index is -1.80. The minimum Gasteiger partial charge on any atom is -0.508 e. The molecular weight excluding hydrogens is 957 g/mol. The summed E-state index contributed by atoms with van der Waals surface area (Å²) in [4.78, 5) is 130.